The predicted octanol–water partition coefficient (Wildman–Crippen LogP) is 12.4. The third-order valence-corrected chi connectivity index (χ3v) is 9.73. The van der Waals surface area contributed by atoms with E-state index in [9.17, 15) is 0 Å². The topological polar surface area (TPSA) is 51.8 Å². The molecule has 0 aliphatic heterocycles. The van der Waals surface area contributed by atoms with Crippen LogP contribution in [0.2, 0.25) is 0 Å². The Bertz CT molecular complexity index is 2920. The molecule has 0 unspecified atom stereocenters. The highest BCUT2D eigenvalue weighted by atomic mass is 16.3. The van der Waals surface area contributed by atoms with E-state index in [0.717, 1.165) is 60.7 Å². The van der Waals surface area contributed by atoms with Crippen LogP contribution < -0.4 is 0 Å². The van der Waals surface area contributed by atoms with Crippen LogP contribution >= 0.6 is 0 Å². The molecule has 51 heavy (non-hydrogen) atoms. The van der Waals surface area contributed by atoms with Gasteiger partial charge in [0.1, 0.15) is 11.2 Å². The van der Waals surface area contributed by atoms with Gasteiger partial charge in [-0.05, 0) is 68.1 Å². The summed E-state index contributed by atoms with van der Waals surface area (Å²) in [7, 11) is 0. The van der Waals surface area contributed by atoms with Crippen molar-refractivity contribution < 1.29 is 4.42 Å². The van der Waals surface area contributed by atoms with Gasteiger partial charge in [-0.15, -0.1) is 0 Å². The minimum absolute atomic E-state index is 0.613. The smallest absolute Gasteiger partial charge is 0.164 e. The zero-order chi connectivity index (χ0) is 33.7. The molecule has 238 valence electrons. The Balaban J connectivity index is 1.14. The first-order valence-corrected chi connectivity index (χ1v) is 17.1. The van der Waals surface area contributed by atoms with Gasteiger partial charge in [0.2, 0.25) is 0 Å². The average Bonchev–Trinajstić information content (AvgIpc) is 3.59. The van der Waals surface area contributed by atoms with Crippen molar-refractivity contribution in [2.24, 2.45) is 0 Å². The Kier molecular flexibility index (Phi) is 6.78. The van der Waals surface area contributed by atoms with E-state index < -0.39 is 0 Å². The summed E-state index contributed by atoms with van der Waals surface area (Å²) in [6.45, 7) is 0. The molecule has 0 atom stereocenters. The van der Waals surface area contributed by atoms with Crippen molar-refractivity contribution in [3.8, 4) is 56.4 Å². The van der Waals surface area contributed by atoms with E-state index in [1.165, 1.54) is 21.7 Å². The number of furan rings is 1. The maximum atomic E-state index is 6.27. The van der Waals surface area contributed by atoms with Gasteiger partial charge in [-0.1, -0.05) is 152 Å². The maximum Gasteiger partial charge on any atom is 0.164 e. The van der Waals surface area contributed by atoms with Crippen molar-refractivity contribution in [2.75, 3.05) is 0 Å². The number of hydrogen-bond donors (Lipinski definition) is 0. The second-order valence-electron chi connectivity index (χ2n) is 12.8. The Morgan fingerprint density at radius 2 is 0.824 bits per heavy atom. The van der Waals surface area contributed by atoms with Gasteiger partial charge in [-0.3, -0.25) is 0 Å². The molecule has 0 aliphatic rings. The first-order valence-electron chi connectivity index (χ1n) is 17.1. The van der Waals surface area contributed by atoms with Gasteiger partial charge in [-0.2, -0.15) is 0 Å². The summed E-state index contributed by atoms with van der Waals surface area (Å²) < 4.78 is 6.27. The fourth-order valence-electron chi connectivity index (χ4n) is 7.18. The molecule has 0 N–H and O–H groups in total. The van der Waals surface area contributed by atoms with Crippen LogP contribution in [0.3, 0.4) is 0 Å². The standard InChI is InChI=1S/C47H29N3O/c1-3-12-34-28-36(26-22-30(34)10-1)32-20-24-33(25-21-32)45-48-46(37-27-23-31-11-2-4-13-35(31)29-37)50-47(49-45)40-15-6-5-14-38(40)39-17-9-19-43-44(39)41-16-7-8-18-42(41)51-43/h1-29H. The van der Waals surface area contributed by atoms with E-state index >= 15 is 0 Å². The number of hydrogen-bond acceptors (Lipinski definition) is 4. The van der Waals surface area contributed by atoms with Gasteiger partial charge in [0.15, 0.2) is 17.5 Å². The van der Waals surface area contributed by atoms with Crippen LogP contribution in [0, 0.1) is 0 Å². The van der Waals surface area contributed by atoms with Gasteiger partial charge in [0.05, 0.1) is 0 Å². The monoisotopic (exact) mass is 651 g/mol. The minimum Gasteiger partial charge on any atom is -0.456 e. The molecule has 0 aliphatic carbocycles. The van der Waals surface area contributed by atoms with Crippen LogP contribution in [0.25, 0.3) is 99.9 Å². The Morgan fingerprint density at radius 1 is 0.314 bits per heavy atom. The van der Waals surface area contributed by atoms with Gasteiger partial charge in [0.25, 0.3) is 0 Å². The zero-order valence-corrected chi connectivity index (χ0v) is 27.5. The van der Waals surface area contributed by atoms with E-state index in [2.05, 4.69) is 146 Å². The van der Waals surface area contributed by atoms with Crippen LogP contribution in [0.5, 0.6) is 0 Å². The highest BCUT2D eigenvalue weighted by Crippen LogP contribution is 2.40. The van der Waals surface area contributed by atoms with Crippen molar-refractivity contribution >= 4 is 43.5 Å². The van der Waals surface area contributed by atoms with Gasteiger partial charge < -0.3 is 4.42 Å². The molecule has 8 aromatic carbocycles. The SMILES string of the molecule is c1ccc(-c2cccc3oc4ccccc4c23)c(-c2nc(-c3ccc(-c4ccc5ccccc5c4)cc3)nc(-c3ccc4ccccc4c3)n2)c1. The third-order valence-electron chi connectivity index (χ3n) is 9.73. The fourth-order valence-corrected chi connectivity index (χ4v) is 7.18. The molecule has 0 amide bonds. The summed E-state index contributed by atoms with van der Waals surface area (Å²) in [5.41, 5.74) is 8.91. The highest BCUT2D eigenvalue weighted by molar-refractivity contribution is 6.13. The Labute approximate surface area is 294 Å². The molecule has 0 saturated carbocycles. The molecule has 10 aromatic rings. The molecule has 0 bridgehead atoms. The highest BCUT2D eigenvalue weighted by Gasteiger charge is 2.19. The van der Waals surface area contributed by atoms with Crippen molar-refractivity contribution in [2.45, 2.75) is 0 Å². The van der Waals surface area contributed by atoms with Gasteiger partial charge in [-0.25, -0.2) is 15.0 Å². The van der Waals surface area contributed by atoms with Crippen molar-refractivity contribution in [1.82, 2.24) is 15.0 Å². The molecule has 10 rings (SSSR count). The second-order valence-corrected chi connectivity index (χ2v) is 12.8. The van der Waals surface area contributed by atoms with Crippen LogP contribution in [0.15, 0.2) is 180 Å². The Morgan fingerprint density at radius 3 is 1.59 bits per heavy atom. The lowest BCUT2D eigenvalue weighted by atomic mass is 9.95. The fraction of sp³-hybridized carbons (Fsp3) is 0. The van der Waals surface area contributed by atoms with Crippen LogP contribution in [0.1, 0.15) is 0 Å². The van der Waals surface area contributed by atoms with E-state index in [-0.39, 0.29) is 0 Å². The number of para-hydroxylation sites is 1. The molecule has 2 heterocycles. The molecule has 4 heteroatoms. The van der Waals surface area contributed by atoms with Crippen LogP contribution in [-0.2, 0) is 0 Å². The zero-order valence-electron chi connectivity index (χ0n) is 27.5. The minimum atomic E-state index is 0.613. The van der Waals surface area contributed by atoms with E-state index in [4.69, 9.17) is 19.4 Å². The largest absolute Gasteiger partial charge is 0.456 e. The van der Waals surface area contributed by atoms with E-state index in [1.54, 1.807) is 0 Å². The normalized spacial score (nSPS) is 11.5. The third kappa shape index (κ3) is 5.13. The average molecular weight is 652 g/mol. The molecular formula is C47H29N3O. The van der Waals surface area contributed by atoms with Crippen LogP contribution in [0.4, 0.5) is 0 Å². The summed E-state index contributed by atoms with van der Waals surface area (Å²) in [4.78, 5) is 15.4. The molecule has 0 fully saturated rings. The lowest BCUT2D eigenvalue weighted by Gasteiger charge is -2.13. The maximum absolute atomic E-state index is 6.27. The summed E-state index contributed by atoms with van der Waals surface area (Å²) in [6, 6.07) is 61.1. The summed E-state index contributed by atoms with van der Waals surface area (Å²) >= 11 is 0. The van der Waals surface area contributed by atoms with E-state index in [1.807, 2.05) is 30.3 Å². The summed E-state index contributed by atoms with van der Waals surface area (Å²) in [5, 5.41) is 6.92. The predicted molar refractivity (Wildman–Crippen MR) is 209 cm³/mol. The number of fused-ring (bicyclic) bond motifs is 5. The lowest BCUT2D eigenvalue weighted by Crippen LogP contribution is -2.01. The number of aromatic nitrogens is 3. The van der Waals surface area contributed by atoms with Crippen molar-refractivity contribution in [1.29, 1.82) is 0 Å². The first kappa shape index (κ1) is 29.0. The van der Waals surface area contributed by atoms with Crippen molar-refractivity contribution in [3.05, 3.63) is 176 Å². The molecule has 2 aromatic heterocycles. The molecule has 0 radical (unpaired) electrons. The van der Waals surface area contributed by atoms with Crippen molar-refractivity contribution in [3.63, 3.8) is 0 Å². The quantitative estimate of drug-likeness (QED) is 0.186. The molecular weight excluding hydrogens is 623 g/mol. The summed E-state index contributed by atoms with van der Waals surface area (Å²) in [5.74, 6) is 1.86. The second kappa shape index (κ2) is 11.9. The molecule has 4 nitrogen and oxygen atoms in total. The number of benzene rings is 8. The first-order chi connectivity index (χ1) is 25.2. The van der Waals surface area contributed by atoms with Gasteiger partial charge >= 0.3 is 0 Å². The number of rotatable bonds is 5. The van der Waals surface area contributed by atoms with E-state index in [0.29, 0.717) is 17.5 Å². The number of nitrogens with zero attached hydrogens (tertiary/aromatic N) is 3. The lowest BCUT2D eigenvalue weighted by molar-refractivity contribution is 0.669. The molecule has 0 spiro atoms. The molecule has 0 saturated heterocycles. The summed E-state index contributed by atoms with van der Waals surface area (Å²) in [6.07, 6.45) is 0. The van der Waals surface area contributed by atoms with Crippen LogP contribution in [-0.4, -0.2) is 15.0 Å². The Hall–Kier alpha value is -6.91. The van der Waals surface area contributed by atoms with Gasteiger partial charge in [0, 0.05) is 27.5 Å².